The molecule has 0 radical (unpaired) electrons. The second kappa shape index (κ2) is 5.41. The van der Waals surface area contributed by atoms with Crippen molar-refractivity contribution in [3.05, 3.63) is 23.3 Å². The first-order valence-electron chi connectivity index (χ1n) is 7.27. The number of fused-ring (bicyclic) bond motifs is 1. The fourth-order valence-corrected chi connectivity index (χ4v) is 5.00. The zero-order chi connectivity index (χ0) is 14.2. The molecule has 0 bridgehead atoms. The molecule has 1 aromatic rings. The number of aryl methyl sites for hydroxylation is 1. The average Bonchev–Trinajstić information content (AvgIpc) is 2.79. The van der Waals surface area contributed by atoms with Gasteiger partial charge in [-0.1, -0.05) is 0 Å². The zero-order valence-corrected chi connectivity index (χ0v) is 12.6. The number of nitrogens with zero attached hydrogens (tertiary/aromatic N) is 2. The molecule has 1 aliphatic heterocycles. The monoisotopic (exact) mass is 295 g/mol. The summed E-state index contributed by atoms with van der Waals surface area (Å²) < 4.78 is 23.1. The summed E-state index contributed by atoms with van der Waals surface area (Å²) in [6.07, 6.45) is 5.75. The van der Waals surface area contributed by atoms with Crippen LogP contribution in [0.5, 0.6) is 0 Å². The molecule has 0 saturated carbocycles. The lowest BCUT2D eigenvalue weighted by Crippen LogP contribution is -2.26. The van der Waals surface area contributed by atoms with Crippen LogP contribution in [0.25, 0.3) is 0 Å². The second-order valence-electron chi connectivity index (χ2n) is 5.97. The highest BCUT2D eigenvalue weighted by molar-refractivity contribution is 7.91. The van der Waals surface area contributed by atoms with Crippen LogP contribution in [0.15, 0.2) is 6.20 Å². The van der Waals surface area contributed by atoms with E-state index < -0.39 is 9.84 Å². The normalized spacial score (nSPS) is 28.2. The van der Waals surface area contributed by atoms with Crippen molar-refractivity contribution in [2.75, 3.05) is 25.1 Å². The van der Waals surface area contributed by atoms with Gasteiger partial charge < -0.3 is 5.32 Å². The van der Waals surface area contributed by atoms with Crippen LogP contribution in [-0.4, -0.2) is 43.5 Å². The van der Waals surface area contributed by atoms with E-state index in [9.17, 15) is 8.42 Å². The molecule has 2 atom stereocenters. The summed E-state index contributed by atoms with van der Waals surface area (Å²) in [5.74, 6) is 1.89. The lowest BCUT2D eigenvalue weighted by Gasteiger charge is -2.24. The molecular weight excluding hydrogens is 274 g/mol. The Labute approximate surface area is 120 Å². The molecule has 0 spiro atoms. The Balaban J connectivity index is 1.78. The van der Waals surface area contributed by atoms with Gasteiger partial charge in [0, 0.05) is 17.8 Å². The zero-order valence-electron chi connectivity index (χ0n) is 11.8. The Morgan fingerprint density at radius 3 is 2.95 bits per heavy atom. The molecule has 1 fully saturated rings. The van der Waals surface area contributed by atoms with Crippen LogP contribution in [0.4, 0.5) is 0 Å². The van der Waals surface area contributed by atoms with Crippen molar-refractivity contribution in [1.82, 2.24) is 15.3 Å². The van der Waals surface area contributed by atoms with Gasteiger partial charge in [-0.3, -0.25) is 0 Å². The van der Waals surface area contributed by atoms with E-state index in [1.165, 1.54) is 5.56 Å². The van der Waals surface area contributed by atoms with E-state index in [0.29, 0.717) is 12.3 Å². The SMILES string of the molecule is CNCC1CCc2nc(C3CCS(=O)(=O)C3)ncc2C1. The first-order chi connectivity index (χ1) is 9.57. The van der Waals surface area contributed by atoms with Crippen LogP contribution < -0.4 is 5.32 Å². The van der Waals surface area contributed by atoms with Gasteiger partial charge in [0.1, 0.15) is 5.82 Å². The topological polar surface area (TPSA) is 72.0 Å². The smallest absolute Gasteiger partial charge is 0.151 e. The minimum absolute atomic E-state index is 0.000307. The summed E-state index contributed by atoms with van der Waals surface area (Å²) >= 11 is 0. The Hall–Kier alpha value is -1.01. The quantitative estimate of drug-likeness (QED) is 0.889. The molecule has 2 heterocycles. The number of sulfone groups is 1. The van der Waals surface area contributed by atoms with Gasteiger partial charge in [0.15, 0.2) is 9.84 Å². The summed E-state index contributed by atoms with van der Waals surface area (Å²) in [5.41, 5.74) is 2.37. The Bertz CT molecular complexity index is 600. The third-order valence-corrected chi connectivity index (χ3v) is 6.13. The summed E-state index contributed by atoms with van der Waals surface area (Å²) in [5, 5.41) is 3.23. The van der Waals surface area contributed by atoms with Crippen molar-refractivity contribution in [3.8, 4) is 0 Å². The molecule has 20 heavy (non-hydrogen) atoms. The maximum Gasteiger partial charge on any atom is 0.151 e. The van der Waals surface area contributed by atoms with Gasteiger partial charge >= 0.3 is 0 Å². The van der Waals surface area contributed by atoms with Crippen LogP contribution in [0.1, 0.15) is 35.8 Å². The van der Waals surface area contributed by atoms with Crippen molar-refractivity contribution < 1.29 is 8.42 Å². The number of rotatable bonds is 3. The maximum absolute atomic E-state index is 11.6. The molecule has 6 heteroatoms. The second-order valence-corrected chi connectivity index (χ2v) is 8.20. The predicted molar refractivity (Wildman–Crippen MR) is 77.5 cm³/mol. The standard InChI is InChI=1S/C14H21N3O2S/c1-15-7-10-2-3-13-12(6-10)8-16-14(17-13)11-4-5-20(18,19)9-11/h8,10-11,15H,2-7,9H2,1H3. The van der Waals surface area contributed by atoms with Crippen LogP contribution in [-0.2, 0) is 22.7 Å². The van der Waals surface area contributed by atoms with E-state index in [-0.39, 0.29) is 17.4 Å². The third kappa shape index (κ3) is 2.86. The van der Waals surface area contributed by atoms with Crippen molar-refractivity contribution in [1.29, 1.82) is 0 Å². The molecule has 0 aromatic carbocycles. The first kappa shape index (κ1) is 13.9. The van der Waals surface area contributed by atoms with Gasteiger partial charge in [0.05, 0.1) is 11.5 Å². The molecule has 2 aliphatic rings. The number of aromatic nitrogens is 2. The fourth-order valence-electron chi connectivity index (χ4n) is 3.26. The van der Waals surface area contributed by atoms with Gasteiger partial charge in [-0.2, -0.15) is 0 Å². The Kier molecular flexibility index (Phi) is 3.77. The summed E-state index contributed by atoms with van der Waals surface area (Å²) in [7, 11) is -0.887. The van der Waals surface area contributed by atoms with Crippen molar-refractivity contribution in [3.63, 3.8) is 0 Å². The van der Waals surface area contributed by atoms with E-state index in [0.717, 1.165) is 37.3 Å². The van der Waals surface area contributed by atoms with Crippen molar-refractivity contribution in [2.45, 2.75) is 31.6 Å². The van der Waals surface area contributed by atoms with Gasteiger partial charge in [0.2, 0.25) is 0 Å². The third-order valence-electron chi connectivity index (χ3n) is 4.36. The van der Waals surface area contributed by atoms with Crippen LogP contribution in [0, 0.1) is 5.92 Å². The average molecular weight is 295 g/mol. The fraction of sp³-hybridized carbons (Fsp3) is 0.714. The Morgan fingerprint density at radius 1 is 1.40 bits per heavy atom. The highest BCUT2D eigenvalue weighted by atomic mass is 32.2. The number of hydrogen-bond donors (Lipinski definition) is 1. The van der Waals surface area contributed by atoms with Crippen LogP contribution in [0.2, 0.25) is 0 Å². The van der Waals surface area contributed by atoms with Gasteiger partial charge in [-0.05, 0) is 50.8 Å². The summed E-state index contributed by atoms with van der Waals surface area (Å²) in [6, 6.07) is 0. The molecule has 1 aromatic heterocycles. The summed E-state index contributed by atoms with van der Waals surface area (Å²) in [6.45, 7) is 1.03. The van der Waals surface area contributed by atoms with Crippen LogP contribution in [0.3, 0.4) is 0 Å². The van der Waals surface area contributed by atoms with Crippen LogP contribution >= 0.6 is 0 Å². The molecule has 0 amide bonds. The minimum Gasteiger partial charge on any atom is -0.319 e. The first-order valence-corrected chi connectivity index (χ1v) is 9.09. The van der Waals surface area contributed by atoms with Gasteiger partial charge in [0.25, 0.3) is 0 Å². The van der Waals surface area contributed by atoms with E-state index in [4.69, 9.17) is 0 Å². The van der Waals surface area contributed by atoms with E-state index in [1.54, 1.807) is 0 Å². The molecule has 110 valence electrons. The molecular formula is C14H21N3O2S. The summed E-state index contributed by atoms with van der Waals surface area (Å²) in [4.78, 5) is 9.10. The molecule has 1 N–H and O–H groups in total. The molecule has 5 nitrogen and oxygen atoms in total. The molecule has 1 saturated heterocycles. The van der Waals surface area contributed by atoms with Crippen molar-refractivity contribution >= 4 is 9.84 Å². The minimum atomic E-state index is -2.87. The van der Waals surface area contributed by atoms with E-state index in [1.807, 2.05) is 13.2 Å². The molecule has 1 aliphatic carbocycles. The highest BCUT2D eigenvalue weighted by Gasteiger charge is 2.31. The molecule has 2 unspecified atom stereocenters. The predicted octanol–water partition coefficient (Wildman–Crippen LogP) is 0.703. The lowest BCUT2D eigenvalue weighted by atomic mass is 9.87. The van der Waals surface area contributed by atoms with Crippen molar-refractivity contribution in [2.24, 2.45) is 5.92 Å². The van der Waals surface area contributed by atoms with Gasteiger partial charge in [-0.15, -0.1) is 0 Å². The largest absolute Gasteiger partial charge is 0.319 e. The number of nitrogens with one attached hydrogen (secondary N) is 1. The van der Waals surface area contributed by atoms with E-state index >= 15 is 0 Å². The van der Waals surface area contributed by atoms with Gasteiger partial charge in [-0.25, -0.2) is 18.4 Å². The highest BCUT2D eigenvalue weighted by Crippen LogP contribution is 2.29. The lowest BCUT2D eigenvalue weighted by molar-refractivity contribution is 0.432. The Morgan fingerprint density at radius 2 is 2.25 bits per heavy atom. The molecule has 3 rings (SSSR count). The maximum atomic E-state index is 11.6. The van der Waals surface area contributed by atoms with E-state index in [2.05, 4.69) is 15.3 Å². The number of hydrogen-bond acceptors (Lipinski definition) is 5.